The molecular formula is C43H102N8. The van der Waals surface area contributed by atoms with Crippen molar-refractivity contribution in [2.45, 2.75) is 178 Å². The summed E-state index contributed by atoms with van der Waals surface area (Å²) in [5, 5.41) is 19.7. The largest absolute Gasteiger partial charge is 0.330 e. The summed E-state index contributed by atoms with van der Waals surface area (Å²) >= 11 is 0. The molecule has 3 atom stereocenters. The summed E-state index contributed by atoms with van der Waals surface area (Å²) in [4.78, 5) is 0. The first-order valence-corrected chi connectivity index (χ1v) is 22.2. The van der Waals surface area contributed by atoms with Crippen LogP contribution in [-0.4, -0.2) is 91.6 Å². The lowest BCUT2D eigenvalue weighted by molar-refractivity contribution is 0.365. The first-order valence-electron chi connectivity index (χ1n) is 22.2. The lowest BCUT2D eigenvalue weighted by atomic mass is 9.96. The molecule has 0 amide bonds. The van der Waals surface area contributed by atoms with E-state index in [2.05, 4.69) is 101 Å². The monoisotopic (exact) mass is 731 g/mol. The number of nitrogens with two attached hydrogens (primary N) is 2. The van der Waals surface area contributed by atoms with Crippen LogP contribution in [0.3, 0.4) is 0 Å². The second kappa shape index (κ2) is 49.7. The summed E-state index contributed by atoms with van der Waals surface area (Å²) < 4.78 is 0. The lowest BCUT2D eigenvalue weighted by Crippen LogP contribution is -2.32. The molecule has 0 saturated carbocycles. The van der Waals surface area contributed by atoms with E-state index in [1.54, 1.807) is 0 Å². The second-order valence-electron chi connectivity index (χ2n) is 15.5. The van der Waals surface area contributed by atoms with Crippen molar-refractivity contribution in [1.29, 1.82) is 0 Å². The molecule has 51 heavy (non-hydrogen) atoms. The highest BCUT2D eigenvalue weighted by Crippen LogP contribution is 2.14. The van der Waals surface area contributed by atoms with Gasteiger partial charge in [-0.05, 0) is 180 Å². The average molecular weight is 731 g/mol. The van der Waals surface area contributed by atoms with Crippen molar-refractivity contribution in [3.05, 3.63) is 0 Å². The van der Waals surface area contributed by atoms with E-state index < -0.39 is 0 Å². The molecule has 4 fully saturated rings. The van der Waals surface area contributed by atoms with Gasteiger partial charge in [-0.25, -0.2) is 0 Å². The number of hydrogen-bond donors (Lipinski definition) is 8. The van der Waals surface area contributed by atoms with Crippen LogP contribution in [0.1, 0.15) is 166 Å². The summed E-state index contributed by atoms with van der Waals surface area (Å²) in [5.41, 5.74) is 10.2. The van der Waals surface area contributed by atoms with Gasteiger partial charge in [0.2, 0.25) is 0 Å². The summed E-state index contributed by atoms with van der Waals surface area (Å²) in [5.74, 6) is 3.45. The van der Waals surface area contributed by atoms with Gasteiger partial charge < -0.3 is 43.4 Å². The van der Waals surface area contributed by atoms with Crippen molar-refractivity contribution in [3.63, 3.8) is 0 Å². The van der Waals surface area contributed by atoms with Crippen molar-refractivity contribution in [3.8, 4) is 0 Å². The Morgan fingerprint density at radius 2 is 1.06 bits per heavy atom. The average Bonchev–Trinajstić information content (AvgIpc) is 3.72. The lowest BCUT2D eigenvalue weighted by Gasteiger charge is -2.21. The molecule has 10 N–H and O–H groups in total. The van der Waals surface area contributed by atoms with Gasteiger partial charge in [0.15, 0.2) is 0 Å². The van der Waals surface area contributed by atoms with Crippen molar-refractivity contribution in [1.82, 2.24) is 31.9 Å². The Balaban J connectivity index is -0.000000251. The SMILES string of the molecule is CC(C)CN.CCC1CCCCN1.CCC1CCCN1.CCC1CCCNC1.CCC1CCNCC1.CCCN.CCCNC.CNCC(C)C. The Bertz CT molecular complexity index is 507. The Hall–Kier alpha value is -0.320. The first-order chi connectivity index (χ1) is 24.6. The maximum atomic E-state index is 5.17. The Labute approximate surface area is 323 Å². The second-order valence-corrected chi connectivity index (χ2v) is 15.5. The van der Waals surface area contributed by atoms with Crippen LogP contribution < -0.4 is 43.4 Å². The predicted molar refractivity (Wildman–Crippen MR) is 235 cm³/mol. The molecule has 0 radical (unpaired) electrons. The van der Waals surface area contributed by atoms with E-state index in [1.165, 1.54) is 129 Å². The van der Waals surface area contributed by atoms with E-state index in [9.17, 15) is 0 Å². The molecule has 0 aromatic heterocycles. The number of piperidine rings is 3. The summed E-state index contributed by atoms with van der Waals surface area (Å²) in [7, 11) is 3.93. The highest BCUT2D eigenvalue weighted by molar-refractivity contribution is 4.71. The van der Waals surface area contributed by atoms with E-state index in [0.29, 0.717) is 5.92 Å². The van der Waals surface area contributed by atoms with Crippen LogP contribution in [0.15, 0.2) is 0 Å². The summed E-state index contributed by atoms with van der Waals surface area (Å²) in [6.07, 6.45) is 20.3. The molecule has 3 unspecified atom stereocenters. The zero-order chi connectivity index (χ0) is 39.4. The fourth-order valence-corrected chi connectivity index (χ4v) is 5.60. The molecule has 4 aliphatic heterocycles. The number of nitrogens with one attached hydrogen (secondary N) is 6. The van der Waals surface area contributed by atoms with Gasteiger partial charge >= 0.3 is 0 Å². The van der Waals surface area contributed by atoms with E-state index in [0.717, 1.165) is 62.4 Å². The minimum atomic E-state index is 0.662. The van der Waals surface area contributed by atoms with E-state index in [4.69, 9.17) is 11.5 Å². The molecule has 0 aromatic rings. The number of rotatable bonds is 10. The Morgan fingerprint density at radius 1 is 0.549 bits per heavy atom. The first kappa shape index (κ1) is 57.4. The Kier molecular flexibility index (Phi) is 55.9. The van der Waals surface area contributed by atoms with Crippen LogP contribution in [0, 0.1) is 23.7 Å². The zero-order valence-electron chi connectivity index (χ0n) is 37.3. The fourth-order valence-electron chi connectivity index (χ4n) is 5.60. The molecule has 0 spiro atoms. The minimum Gasteiger partial charge on any atom is -0.330 e. The molecule has 314 valence electrons. The molecular weight excluding hydrogens is 629 g/mol. The third-order valence-corrected chi connectivity index (χ3v) is 9.45. The van der Waals surface area contributed by atoms with Gasteiger partial charge in [0.25, 0.3) is 0 Å². The van der Waals surface area contributed by atoms with E-state index in [-0.39, 0.29) is 0 Å². The van der Waals surface area contributed by atoms with E-state index in [1.807, 2.05) is 14.1 Å². The molecule has 0 aliphatic carbocycles. The summed E-state index contributed by atoms with van der Waals surface area (Å²) in [6, 6.07) is 1.68. The van der Waals surface area contributed by atoms with Crippen LogP contribution in [-0.2, 0) is 0 Å². The highest BCUT2D eigenvalue weighted by Gasteiger charge is 2.11. The van der Waals surface area contributed by atoms with Crippen LogP contribution in [0.25, 0.3) is 0 Å². The van der Waals surface area contributed by atoms with Crippen LogP contribution in [0.2, 0.25) is 0 Å². The van der Waals surface area contributed by atoms with Gasteiger partial charge in [-0.15, -0.1) is 0 Å². The molecule has 0 aromatic carbocycles. The summed E-state index contributed by atoms with van der Waals surface area (Å²) in [6.45, 7) is 33.2. The standard InChI is InChI=1S/3C7H15N.C6H13N.C5H13N.2C4H11N.C3H9N/c1-2-7-3-5-8-6-4-7;1-2-7-4-3-5-8-6-7;1-2-7-5-3-4-6-8-7;1-2-6-4-3-5-7-6;1-5(2)4-6-3;1-4(2)3-5;1-3-4-5-2;1-2-3-4/h3*7-8H,2-6H2,1H3;6-7H,2-5H2,1H3;5-6H,4H2,1-3H3;4H,3,5H2,1-2H3;5H,3-4H2,1-2H3;2-4H2,1H3. The molecule has 4 rings (SSSR count). The highest BCUT2D eigenvalue weighted by atomic mass is 14.9. The van der Waals surface area contributed by atoms with Crippen LogP contribution >= 0.6 is 0 Å². The Morgan fingerprint density at radius 3 is 1.27 bits per heavy atom. The number of hydrogen-bond acceptors (Lipinski definition) is 8. The zero-order valence-corrected chi connectivity index (χ0v) is 37.3. The third-order valence-electron chi connectivity index (χ3n) is 9.45. The van der Waals surface area contributed by atoms with Gasteiger partial charge in [-0.1, -0.05) is 88.5 Å². The van der Waals surface area contributed by atoms with Gasteiger partial charge in [0, 0.05) is 12.1 Å². The van der Waals surface area contributed by atoms with Crippen molar-refractivity contribution < 1.29 is 0 Å². The van der Waals surface area contributed by atoms with Gasteiger partial charge in [0.1, 0.15) is 0 Å². The fraction of sp³-hybridized carbons (Fsp3) is 1.00. The van der Waals surface area contributed by atoms with E-state index >= 15 is 0 Å². The van der Waals surface area contributed by atoms with Crippen molar-refractivity contribution in [2.24, 2.45) is 35.1 Å². The van der Waals surface area contributed by atoms with Crippen molar-refractivity contribution in [2.75, 3.05) is 79.5 Å². The molecule has 8 nitrogen and oxygen atoms in total. The van der Waals surface area contributed by atoms with Crippen LogP contribution in [0.5, 0.6) is 0 Å². The van der Waals surface area contributed by atoms with Gasteiger partial charge in [0.05, 0.1) is 0 Å². The molecule has 0 bridgehead atoms. The van der Waals surface area contributed by atoms with Crippen LogP contribution in [0.4, 0.5) is 0 Å². The normalized spacial score (nSPS) is 21.1. The van der Waals surface area contributed by atoms with Gasteiger partial charge in [-0.2, -0.15) is 0 Å². The maximum Gasteiger partial charge on any atom is 0.00649 e. The third kappa shape index (κ3) is 51.8. The topological polar surface area (TPSA) is 124 Å². The van der Waals surface area contributed by atoms with Gasteiger partial charge in [-0.3, -0.25) is 0 Å². The van der Waals surface area contributed by atoms with Crippen molar-refractivity contribution >= 4 is 0 Å². The quantitative estimate of drug-likeness (QED) is 0.114. The minimum absolute atomic E-state index is 0.662. The molecule has 4 heterocycles. The smallest absolute Gasteiger partial charge is 0.00649 e. The molecule has 4 saturated heterocycles. The predicted octanol–water partition coefficient (Wildman–Crippen LogP) is 7.91. The molecule has 8 heteroatoms. The maximum absolute atomic E-state index is 5.17. The molecule has 4 aliphatic rings.